The van der Waals surface area contributed by atoms with Crippen LogP contribution >= 0.6 is 11.6 Å². The summed E-state index contributed by atoms with van der Waals surface area (Å²) in [5.41, 5.74) is 7.56. The Morgan fingerprint density at radius 3 is 2.38 bits per heavy atom. The zero-order chi connectivity index (χ0) is 20.9. The Morgan fingerprint density at radius 2 is 1.66 bits per heavy atom. The topological polar surface area (TPSA) is 101 Å². The first-order valence-electron chi connectivity index (χ1n) is 8.86. The average molecular weight is 430 g/mol. The molecular formula is C21H20ClN3O3S. The molecule has 0 aromatic heterocycles. The Morgan fingerprint density at radius 1 is 0.966 bits per heavy atom. The highest BCUT2D eigenvalue weighted by atomic mass is 35.5. The summed E-state index contributed by atoms with van der Waals surface area (Å²) in [7, 11) is -3.99. The summed E-state index contributed by atoms with van der Waals surface area (Å²) in [6, 6.07) is 20.4. The van der Waals surface area contributed by atoms with Gasteiger partial charge < -0.3 is 11.1 Å². The second kappa shape index (κ2) is 8.98. The lowest BCUT2D eigenvalue weighted by atomic mass is 10.1. The van der Waals surface area contributed by atoms with E-state index in [1.54, 1.807) is 30.3 Å². The summed E-state index contributed by atoms with van der Waals surface area (Å²) in [5.74, 6) is -0.221. The molecule has 0 atom stereocenters. The van der Waals surface area contributed by atoms with Gasteiger partial charge in [-0.05, 0) is 42.3 Å². The third-order valence-corrected chi connectivity index (χ3v) is 5.94. The van der Waals surface area contributed by atoms with Crippen molar-refractivity contribution in [1.29, 1.82) is 0 Å². The Kier molecular flexibility index (Phi) is 6.41. The van der Waals surface area contributed by atoms with E-state index in [9.17, 15) is 13.2 Å². The molecule has 0 spiro atoms. The van der Waals surface area contributed by atoms with Gasteiger partial charge in [-0.15, -0.1) is 0 Å². The molecule has 0 heterocycles. The third-order valence-electron chi connectivity index (χ3n) is 4.19. The maximum atomic E-state index is 12.8. The number of nitrogens with one attached hydrogen (secondary N) is 2. The van der Waals surface area contributed by atoms with Crippen molar-refractivity contribution in [3.8, 4) is 0 Å². The number of halogens is 1. The van der Waals surface area contributed by atoms with Crippen molar-refractivity contribution < 1.29 is 13.2 Å². The number of hydrogen-bond acceptors (Lipinski definition) is 4. The van der Waals surface area contributed by atoms with Gasteiger partial charge in [0.1, 0.15) is 4.90 Å². The van der Waals surface area contributed by atoms with Gasteiger partial charge in [0, 0.05) is 12.1 Å². The fourth-order valence-electron chi connectivity index (χ4n) is 2.71. The molecule has 0 aliphatic rings. The highest BCUT2D eigenvalue weighted by Crippen LogP contribution is 2.28. The number of para-hydroxylation sites is 1. The molecule has 0 saturated heterocycles. The number of aryl methyl sites for hydroxylation is 1. The molecule has 0 unspecified atom stereocenters. The van der Waals surface area contributed by atoms with E-state index in [-0.39, 0.29) is 33.6 Å². The quantitative estimate of drug-likeness (QED) is 0.487. The highest BCUT2D eigenvalue weighted by molar-refractivity contribution is 7.93. The third kappa shape index (κ3) is 5.49. The number of nitrogens with two attached hydrogens (primary N) is 1. The largest absolute Gasteiger partial charge is 0.398 e. The predicted octanol–water partition coefficient (Wildman–Crippen LogP) is 4.29. The minimum absolute atomic E-state index is 0.0619. The first-order valence-corrected chi connectivity index (χ1v) is 10.7. The fraction of sp³-hybridized carbons (Fsp3) is 0.0952. The van der Waals surface area contributed by atoms with E-state index in [1.807, 2.05) is 30.3 Å². The Labute approximate surface area is 174 Å². The molecule has 0 saturated carbocycles. The highest BCUT2D eigenvalue weighted by Gasteiger charge is 2.20. The second-order valence-electron chi connectivity index (χ2n) is 6.37. The van der Waals surface area contributed by atoms with E-state index in [0.717, 1.165) is 5.56 Å². The van der Waals surface area contributed by atoms with Gasteiger partial charge in [-0.1, -0.05) is 54.1 Å². The average Bonchev–Trinajstić information content (AvgIpc) is 2.70. The predicted molar refractivity (Wildman–Crippen MR) is 117 cm³/mol. The van der Waals surface area contributed by atoms with Crippen LogP contribution in [0.4, 0.5) is 17.1 Å². The van der Waals surface area contributed by atoms with Crippen LogP contribution in [0.25, 0.3) is 0 Å². The van der Waals surface area contributed by atoms with Crippen LogP contribution in [0.15, 0.2) is 77.7 Å². The zero-order valence-electron chi connectivity index (χ0n) is 15.4. The van der Waals surface area contributed by atoms with Crippen LogP contribution in [0.1, 0.15) is 12.0 Å². The smallest absolute Gasteiger partial charge is 0.264 e. The van der Waals surface area contributed by atoms with Gasteiger partial charge in [0.2, 0.25) is 5.91 Å². The van der Waals surface area contributed by atoms with Crippen molar-refractivity contribution in [2.45, 2.75) is 17.7 Å². The van der Waals surface area contributed by atoms with Crippen LogP contribution in [-0.2, 0) is 21.2 Å². The Bertz CT molecular complexity index is 1120. The Balaban J connectivity index is 1.73. The zero-order valence-corrected chi connectivity index (χ0v) is 17.0. The molecule has 4 N–H and O–H groups in total. The number of carbonyl (C=O) groups is 1. The Hall–Kier alpha value is -3.03. The monoisotopic (exact) mass is 429 g/mol. The molecular weight excluding hydrogens is 410 g/mol. The van der Waals surface area contributed by atoms with Crippen molar-refractivity contribution in [3.63, 3.8) is 0 Å². The van der Waals surface area contributed by atoms with E-state index in [0.29, 0.717) is 12.1 Å². The van der Waals surface area contributed by atoms with Gasteiger partial charge in [-0.3, -0.25) is 9.52 Å². The normalized spacial score (nSPS) is 11.1. The van der Waals surface area contributed by atoms with Crippen molar-refractivity contribution in [2.24, 2.45) is 0 Å². The number of nitrogen functional groups attached to an aromatic ring is 1. The van der Waals surface area contributed by atoms with E-state index < -0.39 is 10.0 Å². The molecule has 29 heavy (non-hydrogen) atoms. The summed E-state index contributed by atoms with van der Waals surface area (Å²) in [4.78, 5) is 12.1. The molecule has 150 valence electrons. The first kappa shape index (κ1) is 20.7. The van der Waals surface area contributed by atoms with Crippen molar-refractivity contribution in [1.82, 2.24) is 0 Å². The fourth-order valence-corrected chi connectivity index (χ4v) is 4.19. The first-order chi connectivity index (χ1) is 13.8. The van der Waals surface area contributed by atoms with Crippen LogP contribution in [0.3, 0.4) is 0 Å². The summed E-state index contributed by atoms with van der Waals surface area (Å²) >= 11 is 6.03. The minimum atomic E-state index is -3.99. The SMILES string of the molecule is Nc1ccc(NC(=O)CCc2ccccc2)cc1S(=O)(=O)Nc1ccccc1Cl. The molecule has 0 aliphatic heterocycles. The number of sulfonamides is 1. The van der Waals surface area contributed by atoms with Crippen molar-refractivity contribution in [3.05, 3.63) is 83.4 Å². The molecule has 3 rings (SSSR count). The lowest BCUT2D eigenvalue weighted by molar-refractivity contribution is -0.116. The van der Waals surface area contributed by atoms with E-state index in [2.05, 4.69) is 10.0 Å². The summed E-state index contributed by atoms with van der Waals surface area (Å²) in [5, 5.41) is 2.98. The maximum Gasteiger partial charge on any atom is 0.264 e. The van der Waals surface area contributed by atoms with E-state index >= 15 is 0 Å². The summed E-state index contributed by atoms with van der Waals surface area (Å²) < 4.78 is 27.9. The lowest BCUT2D eigenvalue weighted by Gasteiger charge is -2.13. The van der Waals surface area contributed by atoms with Gasteiger partial charge in [-0.2, -0.15) is 0 Å². The molecule has 3 aromatic rings. The lowest BCUT2D eigenvalue weighted by Crippen LogP contribution is -2.17. The number of rotatable bonds is 7. The van der Waals surface area contributed by atoms with Crippen LogP contribution in [-0.4, -0.2) is 14.3 Å². The van der Waals surface area contributed by atoms with Crippen LogP contribution < -0.4 is 15.8 Å². The molecule has 0 fully saturated rings. The van der Waals surface area contributed by atoms with Crippen LogP contribution in [0, 0.1) is 0 Å². The number of anilines is 3. The van der Waals surface area contributed by atoms with Gasteiger partial charge >= 0.3 is 0 Å². The van der Waals surface area contributed by atoms with Crippen molar-refractivity contribution in [2.75, 3.05) is 15.8 Å². The van der Waals surface area contributed by atoms with Gasteiger partial charge in [0.15, 0.2) is 0 Å². The van der Waals surface area contributed by atoms with Gasteiger partial charge in [-0.25, -0.2) is 8.42 Å². The molecule has 3 aromatic carbocycles. The summed E-state index contributed by atoms with van der Waals surface area (Å²) in [6.07, 6.45) is 0.856. The number of amides is 1. The van der Waals surface area contributed by atoms with E-state index in [1.165, 1.54) is 12.1 Å². The van der Waals surface area contributed by atoms with Crippen molar-refractivity contribution >= 4 is 44.6 Å². The maximum absolute atomic E-state index is 12.8. The van der Waals surface area contributed by atoms with Gasteiger partial charge in [0.05, 0.1) is 16.4 Å². The molecule has 6 nitrogen and oxygen atoms in total. The molecule has 1 amide bonds. The standard InChI is InChI=1S/C21H20ClN3O3S/c22-17-8-4-5-9-19(17)25-29(27,28)20-14-16(11-12-18(20)23)24-21(26)13-10-15-6-2-1-3-7-15/h1-9,11-12,14,25H,10,13,23H2,(H,24,26). The molecule has 0 radical (unpaired) electrons. The molecule has 8 heteroatoms. The number of hydrogen-bond donors (Lipinski definition) is 3. The number of carbonyl (C=O) groups excluding carboxylic acids is 1. The van der Waals surface area contributed by atoms with Crippen LogP contribution in [0.2, 0.25) is 5.02 Å². The molecule has 0 aliphatic carbocycles. The molecule has 0 bridgehead atoms. The van der Waals surface area contributed by atoms with Gasteiger partial charge in [0.25, 0.3) is 10.0 Å². The van der Waals surface area contributed by atoms with E-state index in [4.69, 9.17) is 17.3 Å². The number of benzene rings is 3. The second-order valence-corrected chi connectivity index (χ2v) is 8.43. The summed E-state index contributed by atoms with van der Waals surface area (Å²) in [6.45, 7) is 0. The van der Waals surface area contributed by atoms with Crippen LogP contribution in [0.5, 0.6) is 0 Å². The minimum Gasteiger partial charge on any atom is -0.398 e.